The van der Waals surface area contributed by atoms with Crippen LogP contribution in [0.4, 0.5) is 8.78 Å². The van der Waals surface area contributed by atoms with Gasteiger partial charge in [0.25, 0.3) is 5.56 Å². The minimum atomic E-state index is -0.578. The van der Waals surface area contributed by atoms with Crippen LogP contribution in [-0.4, -0.2) is 37.4 Å². The topological polar surface area (TPSA) is 45.3 Å². The highest BCUT2D eigenvalue weighted by Crippen LogP contribution is 2.42. The molecule has 2 aromatic carbocycles. The van der Waals surface area contributed by atoms with E-state index < -0.39 is 6.80 Å². The molecule has 4 aromatic rings. The van der Waals surface area contributed by atoms with Crippen molar-refractivity contribution in [3.05, 3.63) is 63.0 Å². The van der Waals surface area contributed by atoms with Gasteiger partial charge in [-0.3, -0.25) is 9.69 Å². The molecule has 0 fully saturated rings. The maximum Gasteiger partial charge on any atom is 0.266 e. The van der Waals surface area contributed by atoms with Crippen molar-refractivity contribution in [2.24, 2.45) is 0 Å². The van der Waals surface area contributed by atoms with E-state index in [1.807, 2.05) is 37.4 Å². The van der Waals surface area contributed by atoms with E-state index in [-0.39, 0.29) is 17.3 Å². The molecule has 7 heteroatoms. The number of hydrogen-bond acceptors (Lipinski definition) is 4. The average molecular weight is 443 g/mol. The molecule has 0 amide bonds. The standard InChI is InChI=1S/C24H24F2N2O2S/c1-13-9-19(30-4)20(21-17-7-8-31-23(17)24(29)27-22(13)21)15-5-6-16(18(26)10-15)14(2)11-28(3)12-25/h5-10,14H,11-12H2,1-4H3,(H,27,29)/t14-/m1/s1. The number of aryl methyl sites for hydroxylation is 1. The van der Waals surface area contributed by atoms with Gasteiger partial charge in [-0.2, -0.15) is 0 Å². The number of nitrogens with zero attached hydrogens (tertiary/aromatic N) is 1. The van der Waals surface area contributed by atoms with E-state index in [1.165, 1.54) is 22.3 Å². The van der Waals surface area contributed by atoms with Crippen molar-refractivity contribution in [2.45, 2.75) is 19.8 Å². The van der Waals surface area contributed by atoms with Crippen molar-refractivity contribution in [3.8, 4) is 16.9 Å². The lowest BCUT2D eigenvalue weighted by molar-refractivity contribution is 0.215. The minimum absolute atomic E-state index is 0.135. The van der Waals surface area contributed by atoms with E-state index in [0.29, 0.717) is 33.6 Å². The summed E-state index contributed by atoms with van der Waals surface area (Å²) in [5, 5.41) is 3.54. The number of pyridine rings is 1. The second-order valence-corrected chi connectivity index (χ2v) is 8.85. The fraction of sp³-hybridized carbons (Fsp3) is 0.292. The highest BCUT2D eigenvalue weighted by atomic mass is 32.1. The van der Waals surface area contributed by atoms with Crippen molar-refractivity contribution in [1.82, 2.24) is 9.88 Å². The van der Waals surface area contributed by atoms with Crippen molar-refractivity contribution >= 4 is 32.3 Å². The first-order valence-corrected chi connectivity index (χ1v) is 10.9. The summed E-state index contributed by atoms with van der Waals surface area (Å²) in [5.74, 6) is 0.104. The summed E-state index contributed by atoms with van der Waals surface area (Å²) in [7, 11) is 3.25. The smallest absolute Gasteiger partial charge is 0.266 e. The molecular weight excluding hydrogens is 418 g/mol. The van der Waals surface area contributed by atoms with Crippen LogP contribution in [0.5, 0.6) is 5.75 Å². The Morgan fingerprint density at radius 1 is 1.26 bits per heavy atom. The predicted octanol–water partition coefficient (Wildman–Crippen LogP) is 5.83. The van der Waals surface area contributed by atoms with Gasteiger partial charge in [-0.25, -0.2) is 8.78 Å². The zero-order valence-corrected chi connectivity index (χ0v) is 18.7. The maximum absolute atomic E-state index is 15.2. The zero-order chi connectivity index (χ0) is 22.3. The fourth-order valence-corrected chi connectivity index (χ4v) is 5.01. The monoisotopic (exact) mass is 442 g/mol. The van der Waals surface area contributed by atoms with Crippen molar-refractivity contribution in [1.29, 1.82) is 0 Å². The first-order valence-electron chi connectivity index (χ1n) is 10.0. The van der Waals surface area contributed by atoms with Crippen molar-refractivity contribution in [3.63, 3.8) is 0 Å². The Morgan fingerprint density at radius 2 is 2.03 bits per heavy atom. The van der Waals surface area contributed by atoms with Gasteiger partial charge in [-0.15, -0.1) is 11.3 Å². The van der Waals surface area contributed by atoms with E-state index in [2.05, 4.69) is 4.98 Å². The lowest BCUT2D eigenvalue weighted by Gasteiger charge is -2.20. The number of nitrogens with one attached hydrogen (secondary N) is 1. The molecule has 0 aliphatic heterocycles. The Morgan fingerprint density at radius 3 is 2.71 bits per heavy atom. The average Bonchev–Trinajstić information content (AvgIpc) is 3.24. The number of alkyl halides is 1. The lowest BCUT2D eigenvalue weighted by Crippen LogP contribution is -2.22. The molecule has 4 rings (SSSR count). The maximum atomic E-state index is 15.2. The Bertz CT molecular complexity index is 1330. The molecule has 2 heterocycles. The molecule has 1 N–H and O–H groups in total. The number of ether oxygens (including phenoxy) is 1. The Balaban J connectivity index is 1.96. The molecule has 0 aliphatic carbocycles. The highest BCUT2D eigenvalue weighted by molar-refractivity contribution is 7.17. The van der Waals surface area contributed by atoms with Gasteiger partial charge < -0.3 is 9.72 Å². The van der Waals surface area contributed by atoms with Crippen molar-refractivity contribution < 1.29 is 13.5 Å². The Hall–Kier alpha value is -2.77. The summed E-state index contributed by atoms with van der Waals surface area (Å²) < 4.78 is 34.3. The molecule has 2 aromatic heterocycles. The molecule has 0 aliphatic rings. The van der Waals surface area contributed by atoms with Gasteiger partial charge in [0.15, 0.2) is 0 Å². The van der Waals surface area contributed by atoms with E-state index in [0.717, 1.165) is 21.9 Å². The van der Waals surface area contributed by atoms with E-state index in [4.69, 9.17) is 4.74 Å². The van der Waals surface area contributed by atoms with Crippen LogP contribution in [0.15, 0.2) is 40.5 Å². The third kappa shape index (κ3) is 3.72. The third-order valence-electron chi connectivity index (χ3n) is 5.70. The second-order valence-electron chi connectivity index (χ2n) is 7.93. The van der Waals surface area contributed by atoms with Crippen LogP contribution in [0.3, 0.4) is 0 Å². The predicted molar refractivity (Wildman–Crippen MR) is 124 cm³/mol. The minimum Gasteiger partial charge on any atom is -0.496 e. The second kappa shape index (κ2) is 8.40. The van der Waals surface area contributed by atoms with E-state index in [1.54, 1.807) is 20.2 Å². The molecule has 0 spiro atoms. The fourth-order valence-electron chi connectivity index (χ4n) is 4.21. The molecule has 1 atom stereocenters. The number of aromatic amines is 1. The van der Waals surface area contributed by atoms with Crippen LogP contribution in [0.1, 0.15) is 24.0 Å². The van der Waals surface area contributed by atoms with E-state index >= 15 is 4.39 Å². The van der Waals surface area contributed by atoms with Crippen LogP contribution in [-0.2, 0) is 0 Å². The number of rotatable bonds is 6. The SMILES string of the molecule is COc1cc(C)c2[nH]c(=O)c3sccc3c2c1-c1ccc([C@H](C)CN(C)CF)c(F)c1. The summed E-state index contributed by atoms with van der Waals surface area (Å²) in [6.45, 7) is 3.63. The number of aromatic nitrogens is 1. The van der Waals surface area contributed by atoms with Gasteiger partial charge in [0.1, 0.15) is 23.1 Å². The molecular formula is C24H24F2N2O2S. The van der Waals surface area contributed by atoms with Crippen LogP contribution in [0.25, 0.3) is 32.1 Å². The molecule has 0 bridgehead atoms. The lowest BCUT2D eigenvalue weighted by atomic mass is 9.92. The molecule has 0 saturated heterocycles. The molecule has 0 radical (unpaired) electrons. The number of likely N-dealkylation sites (N-methyl/N-ethyl adjacent to an activating group) is 1. The molecule has 4 nitrogen and oxygen atoms in total. The molecule has 0 unspecified atom stereocenters. The first-order chi connectivity index (χ1) is 14.8. The van der Waals surface area contributed by atoms with Crippen LogP contribution in [0.2, 0.25) is 0 Å². The third-order valence-corrected chi connectivity index (χ3v) is 6.61. The number of hydrogen-bond donors (Lipinski definition) is 1. The van der Waals surface area contributed by atoms with Crippen LogP contribution < -0.4 is 10.3 Å². The van der Waals surface area contributed by atoms with Crippen LogP contribution in [0, 0.1) is 12.7 Å². The highest BCUT2D eigenvalue weighted by Gasteiger charge is 2.20. The molecule has 162 valence electrons. The van der Waals surface area contributed by atoms with E-state index in [9.17, 15) is 9.18 Å². The van der Waals surface area contributed by atoms with Crippen molar-refractivity contribution in [2.75, 3.05) is 27.5 Å². The van der Waals surface area contributed by atoms with Gasteiger partial charge in [0.2, 0.25) is 0 Å². The van der Waals surface area contributed by atoms with Gasteiger partial charge in [0.05, 0.1) is 12.6 Å². The quantitative estimate of drug-likeness (QED) is 0.382. The summed E-state index contributed by atoms with van der Waals surface area (Å²) >= 11 is 1.38. The van der Waals surface area contributed by atoms with Gasteiger partial charge in [-0.1, -0.05) is 19.1 Å². The molecule has 0 saturated carbocycles. The number of benzene rings is 2. The molecule has 31 heavy (non-hydrogen) atoms. The summed E-state index contributed by atoms with van der Waals surface area (Å²) in [4.78, 5) is 17.0. The van der Waals surface area contributed by atoms with Gasteiger partial charge in [-0.05, 0) is 60.2 Å². The summed E-state index contributed by atoms with van der Waals surface area (Å²) in [5.41, 5.74) is 3.39. The normalized spacial score (nSPS) is 12.7. The summed E-state index contributed by atoms with van der Waals surface area (Å²) in [6.07, 6.45) is 0. The number of methoxy groups -OCH3 is 1. The number of H-pyrrole nitrogens is 1. The number of thiophene rings is 1. The number of halogens is 2. The largest absolute Gasteiger partial charge is 0.496 e. The Labute approximate surface area is 183 Å². The van der Waals surface area contributed by atoms with Gasteiger partial charge >= 0.3 is 0 Å². The summed E-state index contributed by atoms with van der Waals surface area (Å²) in [6, 6.07) is 8.89. The van der Waals surface area contributed by atoms with Gasteiger partial charge in [0, 0.05) is 22.9 Å². The first kappa shape index (κ1) is 21.5. The Kier molecular flexibility index (Phi) is 5.81. The zero-order valence-electron chi connectivity index (χ0n) is 17.9. The number of fused-ring (bicyclic) bond motifs is 3. The van der Waals surface area contributed by atoms with Crippen LogP contribution >= 0.6 is 11.3 Å².